The number of hydrogen-bond acceptors (Lipinski definition) is 3. The van der Waals surface area contributed by atoms with Crippen LogP contribution < -0.4 is 11.1 Å². The van der Waals surface area contributed by atoms with Gasteiger partial charge in [0.2, 0.25) is 0 Å². The van der Waals surface area contributed by atoms with Crippen molar-refractivity contribution in [2.24, 2.45) is 5.92 Å². The van der Waals surface area contributed by atoms with Gasteiger partial charge >= 0.3 is 0 Å². The minimum atomic E-state index is -0.674. The molecule has 0 aliphatic heterocycles. The SMILES string of the molecule is CCC1CCC(O)(CNc2cc(N)cc(F)c2)CC1. The van der Waals surface area contributed by atoms with E-state index in [1.54, 1.807) is 6.07 Å². The van der Waals surface area contributed by atoms with Crippen molar-refractivity contribution in [1.29, 1.82) is 0 Å². The van der Waals surface area contributed by atoms with Crippen LogP contribution >= 0.6 is 0 Å². The maximum atomic E-state index is 13.2. The lowest BCUT2D eigenvalue weighted by Gasteiger charge is -2.36. The first-order valence-electron chi connectivity index (χ1n) is 7.03. The molecule has 3 nitrogen and oxygen atoms in total. The minimum absolute atomic E-state index is 0.357. The van der Waals surface area contributed by atoms with Crippen molar-refractivity contribution in [3.8, 4) is 0 Å². The number of nitrogen functional groups attached to an aromatic ring is 1. The number of anilines is 2. The quantitative estimate of drug-likeness (QED) is 0.734. The van der Waals surface area contributed by atoms with Gasteiger partial charge in [-0.1, -0.05) is 13.3 Å². The standard InChI is InChI=1S/C15H23FN2O/c1-2-11-3-5-15(19,6-4-11)10-18-14-8-12(16)7-13(17)9-14/h7-9,11,18-19H,2-6,10,17H2,1H3. The van der Waals surface area contributed by atoms with E-state index < -0.39 is 5.60 Å². The molecule has 0 aromatic heterocycles. The molecule has 1 aliphatic carbocycles. The summed E-state index contributed by atoms with van der Waals surface area (Å²) >= 11 is 0. The molecule has 1 fully saturated rings. The van der Waals surface area contributed by atoms with Crippen molar-refractivity contribution < 1.29 is 9.50 Å². The predicted molar refractivity (Wildman–Crippen MR) is 76.5 cm³/mol. The van der Waals surface area contributed by atoms with Crippen molar-refractivity contribution >= 4 is 11.4 Å². The van der Waals surface area contributed by atoms with Gasteiger partial charge in [-0.05, 0) is 49.8 Å². The summed E-state index contributed by atoms with van der Waals surface area (Å²) in [6, 6.07) is 4.37. The highest BCUT2D eigenvalue weighted by Crippen LogP contribution is 2.33. The Labute approximate surface area is 114 Å². The maximum absolute atomic E-state index is 13.2. The molecule has 1 saturated carbocycles. The third kappa shape index (κ3) is 3.83. The zero-order valence-electron chi connectivity index (χ0n) is 11.5. The number of rotatable bonds is 4. The molecule has 106 valence electrons. The number of nitrogens with one attached hydrogen (secondary N) is 1. The molecule has 1 aliphatic rings. The van der Waals surface area contributed by atoms with E-state index in [4.69, 9.17) is 5.73 Å². The second-order valence-electron chi connectivity index (χ2n) is 5.70. The van der Waals surface area contributed by atoms with E-state index in [1.165, 1.54) is 18.6 Å². The Bertz CT molecular complexity index is 408. The van der Waals surface area contributed by atoms with Crippen molar-refractivity contribution in [2.45, 2.75) is 44.6 Å². The van der Waals surface area contributed by atoms with Crippen LogP contribution in [-0.4, -0.2) is 17.3 Å². The van der Waals surface area contributed by atoms with Gasteiger partial charge in [-0.2, -0.15) is 0 Å². The Morgan fingerprint density at radius 1 is 1.37 bits per heavy atom. The van der Waals surface area contributed by atoms with E-state index in [1.807, 2.05) is 0 Å². The number of halogens is 1. The van der Waals surface area contributed by atoms with Gasteiger partial charge in [0, 0.05) is 17.9 Å². The summed E-state index contributed by atoms with van der Waals surface area (Å²) < 4.78 is 13.2. The first-order chi connectivity index (χ1) is 9.00. The van der Waals surface area contributed by atoms with Gasteiger partial charge in [0.1, 0.15) is 5.82 Å². The summed E-state index contributed by atoms with van der Waals surface area (Å²) in [5.41, 5.74) is 5.94. The van der Waals surface area contributed by atoms with Gasteiger partial charge in [0.25, 0.3) is 0 Å². The molecule has 2 rings (SSSR count). The molecule has 0 unspecified atom stereocenters. The third-order valence-electron chi connectivity index (χ3n) is 4.15. The molecule has 0 heterocycles. The lowest BCUT2D eigenvalue weighted by atomic mass is 9.78. The highest BCUT2D eigenvalue weighted by Gasteiger charge is 2.32. The smallest absolute Gasteiger partial charge is 0.127 e. The summed E-state index contributed by atoms with van der Waals surface area (Å²) in [4.78, 5) is 0. The Morgan fingerprint density at radius 2 is 2.05 bits per heavy atom. The lowest BCUT2D eigenvalue weighted by Crippen LogP contribution is -2.40. The molecule has 0 bridgehead atoms. The molecule has 0 amide bonds. The Hall–Kier alpha value is -1.29. The van der Waals surface area contributed by atoms with Gasteiger partial charge in [-0.3, -0.25) is 0 Å². The van der Waals surface area contributed by atoms with Gasteiger partial charge in [-0.25, -0.2) is 4.39 Å². The van der Waals surface area contributed by atoms with Gasteiger partial charge in [0.05, 0.1) is 5.60 Å². The van der Waals surface area contributed by atoms with Crippen molar-refractivity contribution in [1.82, 2.24) is 0 Å². The summed E-state index contributed by atoms with van der Waals surface area (Å²) in [5.74, 6) is 0.384. The first kappa shape index (κ1) is 14.1. The van der Waals surface area contributed by atoms with E-state index >= 15 is 0 Å². The number of benzene rings is 1. The summed E-state index contributed by atoms with van der Waals surface area (Å²) in [6.45, 7) is 2.65. The normalized spacial score (nSPS) is 27.2. The summed E-state index contributed by atoms with van der Waals surface area (Å²) in [5, 5.41) is 13.6. The van der Waals surface area contributed by atoms with E-state index in [-0.39, 0.29) is 5.82 Å². The summed E-state index contributed by atoms with van der Waals surface area (Å²) in [6.07, 6.45) is 4.94. The van der Waals surface area contributed by atoms with Gasteiger partial charge in [0.15, 0.2) is 0 Å². The largest absolute Gasteiger partial charge is 0.399 e. The Kier molecular flexibility index (Phi) is 4.30. The zero-order valence-corrected chi connectivity index (χ0v) is 11.5. The first-order valence-corrected chi connectivity index (χ1v) is 7.03. The van der Waals surface area contributed by atoms with Crippen LogP contribution in [0.25, 0.3) is 0 Å². The molecule has 0 spiro atoms. The molecule has 4 N–H and O–H groups in total. The fraction of sp³-hybridized carbons (Fsp3) is 0.600. The molecular weight excluding hydrogens is 243 g/mol. The second-order valence-corrected chi connectivity index (χ2v) is 5.70. The van der Waals surface area contributed by atoms with E-state index in [0.717, 1.165) is 31.6 Å². The molecule has 0 atom stereocenters. The second kappa shape index (κ2) is 5.78. The van der Waals surface area contributed by atoms with Crippen LogP contribution in [0.15, 0.2) is 18.2 Å². The van der Waals surface area contributed by atoms with E-state index in [2.05, 4.69) is 12.2 Å². The van der Waals surface area contributed by atoms with Crippen LogP contribution in [0.4, 0.5) is 15.8 Å². The minimum Gasteiger partial charge on any atom is -0.399 e. The van der Waals surface area contributed by atoms with Crippen LogP contribution in [0.2, 0.25) is 0 Å². The van der Waals surface area contributed by atoms with Crippen LogP contribution in [0, 0.1) is 11.7 Å². The predicted octanol–water partition coefficient (Wildman–Crippen LogP) is 3.15. The van der Waals surface area contributed by atoms with Crippen LogP contribution in [0.3, 0.4) is 0 Å². The Balaban J connectivity index is 1.91. The molecule has 19 heavy (non-hydrogen) atoms. The van der Waals surface area contributed by atoms with Crippen LogP contribution in [-0.2, 0) is 0 Å². The van der Waals surface area contributed by atoms with Crippen molar-refractivity contribution in [3.63, 3.8) is 0 Å². The van der Waals surface area contributed by atoms with E-state index in [0.29, 0.717) is 17.9 Å². The molecular formula is C15H23FN2O. The van der Waals surface area contributed by atoms with E-state index in [9.17, 15) is 9.50 Å². The number of hydrogen-bond donors (Lipinski definition) is 3. The van der Waals surface area contributed by atoms with Crippen LogP contribution in [0.5, 0.6) is 0 Å². The fourth-order valence-corrected chi connectivity index (χ4v) is 2.78. The average Bonchev–Trinajstić information content (AvgIpc) is 2.37. The third-order valence-corrected chi connectivity index (χ3v) is 4.15. The number of aliphatic hydroxyl groups is 1. The highest BCUT2D eigenvalue weighted by molar-refractivity contribution is 5.54. The van der Waals surface area contributed by atoms with Crippen molar-refractivity contribution in [2.75, 3.05) is 17.6 Å². The van der Waals surface area contributed by atoms with Crippen LogP contribution in [0.1, 0.15) is 39.0 Å². The van der Waals surface area contributed by atoms with Gasteiger partial charge < -0.3 is 16.2 Å². The highest BCUT2D eigenvalue weighted by atomic mass is 19.1. The summed E-state index contributed by atoms with van der Waals surface area (Å²) in [7, 11) is 0. The molecule has 1 aromatic carbocycles. The Morgan fingerprint density at radius 3 is 2.63 bits per heavy atom. The molecule has 0 saturated heterocycles. The zero-order chi connectivity index (χ0) is 13.9. The average molecular weight is 266 g/mol. The topological polar surface area (TPSA) is 58.3 Å². The monoisotopic (exact) mass is 266 g/mol. The number of nitrogens with two attached hydrogens (primary N) is 1. The fourth-order valence-electron chi connectivity index (χ4n) is 2.78. The molecule has 4 heteroatoms. The maximum Gasteiger partial charge on any atom is 0.127 e. The molecule has 1 aromatic rings. The molecule has 0 radical (unpaired) electrons. The van der Waals surface area contributed by atoms with Gasteiger partial charge in [-0.15, -0.1) is 0 Å². The lowest BCUT2D eigenvalue weighted by molar-refractivity contribution is 0.00229. The van der Waals surface area contributed by atoms with Crippen molar-refractivity contribution in [3.05, 3.63) is 24.0 Å².